The summed E-state index contributed by atoms with van der Waals surface area (Å²) in [5.41, 5.74) is 6.88. The summed E-state index contributed by atoms with van der Waals surface area (Å²) in [6.45, 7) is 5.55. The largest absolute Gasteiger partial charge is 0.396 e. The first-order valence-electron chi connectivity index (χ1n) is 6.75. The molecule has 0 aromatic carbocycles. The standard InChI is InChI=1S/C14H19N3OS2/c1-9(2)12(18)13-11(16)10(8-15)14(20-13)17-4-3-6-19-7-5-17/h9H,3-7,16H2,1-2H3. The lowest BCUT2D eigenvalue weighted by molar-refractivity contribution is 0.0944. The van der Waals surface area contributed by atoms with Gasteiger partial charge >= 0.3 is 0 Å². The molecule has 1 aliphatic heterocycles. The van der Waals surface area contributed by atoms with Crippen LogP contribution in [0.2, 0.25) is 0 Å². The van der Waals surface area contributed by atoms with Gasteiger partial charge in [-0.1, -0.05) is 13.8 Å². The van der Waals surface area contributed by atoms with Crippen LogP contribution in [0.3, 0.4) is 0 Å². The van der Waals surface area contributed by atoms with E-state index in [-0.39, 0.29) is 11.7 Å². The molecule has 0 saturated carbocycles. The number of carbonyl (C=O) groups is 1. The third kappa shape index (κ3) is 2.94. The zero-order valence-corrected chi connectivity index (χ0v) is 13.4. The lowest BCUT2D eigenvalue weighted by Gasteiger charge is -2.20. The molecule has 0 aliphatic carbocycles. The van der Waals surface area contributed by atoms with E-state index in [4.69, 9.17) is 5.73 Å². The summed E-state index contributed by atoms with van der Waals surface area (Å²) >= 11 is 3.31. The lowest BCUT2D eigenvalue weighted by atomic mass is 10.1. The van der Waals surface area contributed by atoms with Crippen LogP contribution in [0.5, 0.6) is 0 Å². The van der Waals surface area contributed by atoms with Crippen molar-refractivity contribution in [1.82, 2.24) is 0 Å². The molecule has 0 bridgehead atoms. The third-order valence-corrected chi connectivity index (χ3v) is 5.63. The molecule has 108 valence electrons. The van der Waals surface area contributed by atoms with Crippen LogP contribution in [0.1, 0.15) is 35.5 Å². The van der Waals surface area contributed by atoms with Crippen LogP contribution in [0.4, 0.5) is 10.7 Å². The van der Waals surface area contributed by atoms with Crippen LogP contribution >= 0.6 is 23.1 Å². The monoisotopic (exact) mass is 309 g/mol. The van der Waals surface area contributed by atoms with E-state index in [1.807, 2.05) is 25.6 Å². The minimum Gasteiger partial charge on any atom is -0.396 e. The molecule has 20 heavy (non-hydrogen) atoms. The van der Waals surface area contributed by atoms with Gasteiger partial charge in [0.15, 0.2) is 5.78 Å². The highest BCUT2D eigenvalue weighted by Gasteiger charge is 2.25. The number of hydrogen-bond acceptors (Lipinski definition) is 6. The number of thiophene rings is 1. The Hall–Kier alpha value is -1.19. The minimum atomic E-state index is -0.102. The first-order chi connectivity index (χ1) is 9.56. The fourth-order valence-corrected chi connectivity index (χ4v) is 4.35. The second-order valence-corrected chi connectivity index (χ2v) is 7.33. The van der Waals surface area contributed by atoms with Crippen LogP contribution < -0.4 is 10.6 Å². The number of nitrogens with two attached hydrogens (primary N) is 1. The summed E-state index contributed by atoms with van der Waals surface area (Å²) in [5.74, 6) is 2.13. The fourth-order valence-electron chi connectivity index (χ4n) is 2.16. The Morgan fingerprint density at radius 2 is 2.15 bits per heavy atom. The van der Waals surface area contributed by atoms with E-state index in [1.165, 1.54) is 11.3 Å². The Balaban J connectivity index is 2.40. The van der Waals surface area contributed by atoms with E-state index < -0.39 is 0 Å². The summed E-state index contributed by atoms with van der Waals surface area (Å²) < 4.78 is 0. The quantitative estimate of drug-likeness (QED) is 0.869. The molecule has 0 spiro atoms. The Morgan fingerprint density at radius 1 is 1.40 bits per heavy atom. The van der Waals surface area contributed by atoms with Crippen molar-refractivity contribution in [2.45, 2.75) is 20.3 Å². The van der Waals surface area contributed by atoms with Crippen molar-refractivity contribution in [2.24, 2.45) is 5.92 Å². The fraction of sp³-hybridized carbons (Fsp3) is 0.571. The molecule has 2 N–H and O–H groups in total. The van der Waals surface area contributed by atoms with Crippen molar-refractivity contribution < 1.29 is 4.79 Å². The van der Waals surface area contributed by atoms with Gasteiger partial charge < -0.3 is 10.6 Å². The predicted octanol–water partition coefficient (Wildman–Crippen LogP) is 2.98. The van der Waals surface area contributed by atoms with Crippen molar-refractivity contribution in [3.63, 3.8) is 0 Å². The number of Topliss-reactive ketones (excluding diaryl/α,β-unsaturated/α-hetero) is 1. The smallest absolute Gasteiger partial charge is 0.177 e. The molecule has 6 heteroatoms. The molecule has 1 aliphatic rings. The first kappa shape index (κ1) is 15.2. The van der Waals surface area contributed by atoms with Crippen LogP contribution in [-0.4, -0.2) is 30.4 Å². The molecule has 0 radical (unpaired) electrons. The summed E-state index contributed by atoms with van der Waals surface area (Å²) in [4.78, 5) is 14.9. The molecule has 1 aromatic heterocycles. The van der Waals surface area contributed by atoms with Gasteiger partial charge in [0.1, 0.15) is 16.6 Å². The van der Waals surface area contributed by atoms with Gasteiger partial charge in [-0.05, 0) is 12.2 Å². The number of carbonyl (C=O) groups excluding carboxylic acids is 1. The summed E-state index contributed by atoms with van der Waals surface area (Å²) in [6, 6.07) is 2.18. The van der Waals surface area contributed by atoms with E-state index >= 15 is 0 Å². The molecule has 0 unspecified atom stereocenters. The number of hydrogen-bond donors (Lipinski definition) is 1. The first-order valence-corrected chi connectivity index (χ1v) is 8.72. The van der Waals surface area contributed by atoms with Gasteiger partial charge in [0.25, 0.3) is 0 Å². The predicted molar refractivity (Wildman–Crippen MR) is 86.8 cm³/mol. The summed E-state index contributed by atoms with van der Waals surface area (Å²) in [7, 11) is 0. The van der Waals surface area contributed by atoms with E-state index in [0.717, 1.165) is 36.0 Å². The van der Waals surface area contributed by atoms with Gasteiger partial charge in [-0.2, -0.15) is 17.0 Å². The van der Waals surface area contributed by atoms with Gasteiger partial charge in [0, 0.05) is 24.8 Å². The molecule has 1 aromatic rings. The van der Waals surface area contributed by atoms with Crippen molar-refractivity contribution >= 4 is 39.6 Å². The number of anilines is 2. The number of ketones is 1. The molecule has 2 heterocycles. The Morgan fingerprint density at radius 3 is 2.80 bits per heavy atom. The molecular weight excluding hydrogens is 290 g/mol. The molecule has 2 rings (SSSR count). The van der Waals surface area contributed by atoms with Gasteiger partial charge in [-0.15, -0.1) is 11.3 Å². The SMILES string of the molecule is CC(C)C(=O)c1sc(N2CCCSCC2)c(C#N)c1N. The van der Waals surface area contributed by atoms with Crippen LogP contribution in [-0.2, 0) is 0 Å². The van der Waals surface area contributed by atoms with Gasteiger partial charge in [-0.25, -0.2) is 0 Å². The van der Waals surface area contributed by atoms with Crippen molar-refractivity contribution in [1.29, 1.82) is 5.26 Å². The maximum absolute atomic E-state index is 12.2. The number of nitrogen functional groups attached to an aromatic ring is 1. The minimum absolute atomic E-state index is 0.0273. The highest BCUT2D eigenvalue weighted by Crippen LogP contribution is 2.39. The van der Waals surface area contributed by atoms with E-state index in [0.29, 0.717) is 16.1 Å². The number of nitrogens with zero attached hydrogens (tertiary/aromatic N) is 2. The van der Waals surface area contributed by atoms with Gasteiger partial charge in [0.05, 0.1) is 10.6 Å². The van der Waals surface area contributed by atoms with Crippen LogP contribution in [0, 0.1) is 17.2 Å². The molecule has 0 atom stereocenters. The van der Waals surface area contributed by atoms with Crippen LogP contribution in [0.25, 0.3) is 0 Å². The van der Waals surface area contributed by atoms with E-state index in [1.54, 1.807) is 0 Å². The second-order valence-electron chi connectivity index (χ2n) is 5.11. The Kier molecular flexibility index (Phi) is 4.95. The van der Waals surface area contributed by atoms with Crippen molar-refractivity contribution in [3.8, 4) is 6.07 Å². The lowest BCUT2D eigenvalue weighted by Crippen LogP contribution is -2.25. The van der Waals surface area contributed by atoms with Gasteiger partial charge in [0.2, 0.25) is 0 Å². The number of rotatable bonds is 3. The average Bonchev–Trinajstić information content (AvgIpc) is 2.62. The average molecular weight is 309 g/mol. The number of thioether (sulfide) groups is 1. The second kappa shape index (κ2) is 6.51. The molecular formula is C14H19N3OS2. The zero-order valence-electron chi connectivity index (χ0n) is 11.8. The third-order valence-electron chi connectivity index (χ3n) is 3.30. The maximum Gasteiger partial charge on any atom is 0.177 e. The zero-order chi connectivity index (χ0) is 14.7. The summed E-state index contributed by atoms with van der Waals surface area (Å²) in [6.07, 6.45) is 1.10. The molecule has 0 amide bonds. The van der Waals surface area contributed by atoms with Crippen molar-refractivity contribution in [2.75, 3.05) is 35.2 Å². The molecule has 1 fully saturated rings. The highest BCUT2D eigenvalue weighted by molar-refractivity contribution is 7.99. The Labute approximate surface area is 127 Å². The normalized spacial score (nSPS) is 16.0. The Bertz CT molecular complexity index is 537. The van der Waals surface area contributed by atoms with Crippen LogP contribution in [0.15, 0.2) is 0 Å². The van der Waals surface area contributed by atoms with Crippen molar-refractivity contribution in [3.05, 3.63) is 10.4 Å². The van der Waals surface area contributed by atoms with E-state index in [9.17, 15) is 10.1 Å². The molecule has 1 saturated heterocycles. The van der Waals surface area contributed by atoms with E-state index in [2.05, 4.69) is 11.0 Å². The summed E-state index contributed by atoms with van der Waals surface area (Å²) in [5, 5.41) is 10.2. The highest BCUT2D eigenvalue weighted by atomic mass is 32.2. The topological polar surface area (TPSA) is 70.1 Å². The van der Waals surface area contributed by atoms with Gasteiger partial charge in [-0.3, -0.25) is 4.79 Å². The number of nitriles is 1. The molecule has 4 nitrogen and oxygen atoms in total. The maximum atomic E-state index is 12.2.